The molecule has 0 bridgehead atoms. The highest BCUT2D eigenvalue weighted by molar-refractivity contribution is 7.91. The molecule has 1 aliphatic heterocycles. The third kappa shape index (κ3) is 5.65. The van der Waals surface area contributed by atoms with Crippen LogP contribution in [-0.2, 0) is 24.2 Å². The van der Waals surface area contributed by atoms with Crippen molar-refractivity contribution in [3.8, 4) is 0 Å². The van der Waals surface area contributed by atoms with E-state index in [1.165, 1.54) is 25.1 Å². The second kappa shape index (κ2) is 7.72. The van der Waals surface area contributed by atoms with E-state index in [2.05, 4.69) is 5.32 Å². The van der Waals surface area contributed by atoms with E-state index in [-0.39, 0.29) is 23.8 Å². The minimum atomic E-state index is -3.05. The Morgan fingerprint density at radius 1 is 1.29 bits per heavy atom. The summed E-state index contributed by atoms with van der Waals surface area (Å²) in [6.45, 7) is 1.44. The van der Waals surface area contributed by atoms with Gasteiger partial charge >= 0.3 is 5.97 Å². The summed E-state index contributed by atoms with van der Waals surface area (Å²) < 4.78 is 27.8. The van der Waals surface area contributed by atoms with E-state index in [0.29, 0.717) is 22.2 Å². The topological polar surface area (TPSA) is 89.5 Å². The molecule has 0 aromatic heterocycles. The molecular formula is C15H17Cl2NO5S. The summed E-state index contributed by atoms with van der Waals surface area (Å²) >= 11 is 11.7. The zero-order chi connectivity index (χ0) is 17.9. The van der Waals surface area contributed by atoms with Crippen molar-refractivity contribution in [2.24, 2.45) is 5.92 Å². The SMILES string of the molecule is C[C@H](OC(=O)C[C@@H]1CCS(=O)(=O)C1)C(=O)Nc1cc(Cl)cc(Cl)c1. The monoisotopic (exact) mass is 393 g/mol. The number of ether oxygens (including phenoxy) is 1. The van der Waals surface area contributed by atoms with Gasteiger partial charge in [0, 0.05) is 22.2 Å². The molecule has 0 spiro atoms. The summed E-state index contributed by atoms with van der Waals surface area (Å²) in [5.41, 5.74) is 0.391. The lowest BCUT2D eigenvalue weighted by Gasteiger charge is -2.15. The maximum atomic E-state index is 12.0. The number of carbonyl (C=O) groups is 2. The van der Waals surface area contributed by atoms with Crippen LogP contribution in [0.1, 0.15) is 19.8 Å². The number of rotatable bonds is 5. The van der Waals surface area contributed by atoms with Crippen LogP contribution in [0.15, 0.2) is 18.2 Å². The molecule has 2 rings (SSSR count). The Morgan fingerprint density at radius 2 is 1.92 bits per heavy atom. The van der Waals surface area contributed by atoms with Gasteiger partial charge in [-0.1, -0.05) is 23.2 Å². The molecule has 132 valence electrons. The minimum absolute atomic E-state index is 0.0102. The average molecular weight is 394 g/mol. The van der Waals surface area contributed by atoms with Crippen molar-refractivity contribution in [1.82, 2.24) is 0 Å². The Kier molecular flexibility index (Phi) is 6.11. The van der Waals surface area contributed by atoms with Crippen LogP contribution in [0.3, 0.4) is 0 Å². The van der Waals surface area contributed by atoms with Gasteiger partial charge in [-0.05, 0) is 37.5 Å². The fraction of sp³-hybridized carbons (Fsp3) is 0.467. The lowest BCUT2D eigenvalue weighted by atomic mass is 10.1. The number of halogens is 2. The highest BCUT2D eigenvalue weighted by Crippen LogP contribution is 2.24. The first-order valence-corrected chi connectivity index (χ1v) is 9.89. The van der Waals surface area contributed by atoms with E-state index in [9.17, 15) is 18.0 Å². The van der Waals surface area contributed by atoms with E-state index in [0.717, 1.165) is 0 Å². The maximum absolute atomic E-state index is 12.0. The van der Waals surface area contributed by atoms with Crippen LogP contribution >= 0.6 is 23.2 Å². The predicted molar refractivity (Wildman–Crippen MR) is 92.0 cm³/mol. The number of sulfone groups is 1. The summed E-state index contributed by atoms with van der Waals surface area (Å²) in [5.74, 6) is -1.28. The van der Waals surface area contributed by atoms with Gasteiger partial charge < -0.3 is 10.1 Å². The minimum Gasteiger partial charge on any atom is -0.453 e. The lowest BCUT2D eigenvalue weighted by Crippen LogP contribution is -2.30. The molecule has 1 heterocycles. The number of benzene rings is 1. The van der Waals surface area contributed by atoms with E-state index in [4.69, 9.17) is 27.9 Å². The highest BCUT2D eigenvalue weighted by Gasteiger charge is 2.30. The highest BCUT2D eigenvalue weighted by atomic mass is 35.5. The Bertz CT molecular complexity index is 730. The van der Waals surface area contributed by atoms with Gasteiger partial charge in [0.2, 0.25) is 0 Å². The van der Waals surface area contributed by atoms with E-state index in [1.54, 1.807) is 0 Å². The molecule has 0 saturated carbocycles. The van der Waals surface area contributed by atoms with Crippen LogP contribution in [0, 0.1) is 5.92 Å². The molecule has 0 radical (unpaired) electrons. The fourth-order valence-corrected chi connectivity index (χ4v) is 4.83. The molecule has 1 saturated heterocycles. The normalized spacial score (nSPS) is 20.4. The van der Waals surface area contributed by atoms with E-state index < -0.39 is 27.8 Å². The Morgan fingerprint density at radius 3 is 2.46 bits per heavy atom. The molecule has 1 amide bonds. The Labute approximate surface area is 150 Å². The van der Waals surface area contributed by atoms with Crippen molar-refractivity contribution in [1.29, 1.82) is 0 Å². The molecule has 1 aromatic carbocycles. The first-order valence-electron chi connectivity index (χ1n) is 7.31. The smallest absolute Gasteiger partial charge is 0.306 e. The average Bonchev–Trinajstić information content (AvgIpc) is 2.76. The quantitative estimate of drug-likeness (QED) is 0.776. The predicted octanol–water partition coefficient (Wildman–Crippen LogP) is 2.69. The Hall–Kier alpha value is -1.31. The standard InChI is InChI=1S/C15H17Cl2NO5S/c1-9(15(20)18-13-6-11(16)5-12(17)7-13)23-14(19)4-10-2-3-24(21,22)8-10/h5-7,9-10H,2-4,8H2,1H3,(H,18,20)/t9-,10-/m0/s1. The van der Waals surface area contributed by atoms with Crippen molar-refractivity contribution in [3.05, 3.63) is 28.2 Å². The molecule has 24 heavy (non-hydrogen) atoms. The molecule has 1 aliphatic rings. The van der Waals surface area contributed by atoms with E-state index >= 15 is 0 Å². The van der Waals surface area contributed by atoms with E-state index in [1.807, 2.05) is 0 Å². The van der Waals surface area contributed by atoms with Gasteiger partial charge in [-0.2, -0.15) is 0 Å². The molecule has 6 nitrogen and oxygen atoms in total. The van der Waals surface area contributed by atoms with Gasteiger partial charge in [0.1, 0.15) is 0 Å². The van der Waals surface area contributed by atoms with Crippen molar-refractivity contribution in [2.75, 3.05) is 16.8 Å². The van der Waals surface area contributed by atoms with Crippen molar-refractivity contribution >= 4 is 50.6 Å². The van der Waals surface area contributed by atoms with Gasteiger partial charge in [-0.3, -0.25) is 9.59 Å². The summed E-state index contributed by atoms with van der Waals surface area (Å²) in [5, 5.41) is 3.29. The van der Waals surface area contributed by atoms with Crippen LogP contribution in [0.4, 0.5) is 5.69 Å². The van der Waals surface area contributed by atoms with Crippen LogP contribution in [0.25, 0.3) is 0 Å². The first kappa shape index (κ1) is 19.0. The number of amides is 1. The molecule has 1 N–H and O–H groups in total. The molecule has 1 aromatic rings. The second-order valence-corrected chi connectivity index (χ2v) is 8.85. The van der Waals surface area contributed by atoms with Crippen molar-refractivity contribution < 1.29 is 22.7 Å². The molecular weight excluding hydrogens is 377 g/mol. The lowest BCUT2D eigenvalue weighted by molar-refractivity contribution is -0.153. The zero-order valence-electron chi connectivity index (χ0n) is 12.9. The molecule has 0 aliphatic carbocycles. The summed E-state index contributed by atoms with van der Waals surface area (Å²) in [6.07, 6.45) is -0.591. The van der Waals surface area contributed by atoms with Crippen LogP contribution in [0.2, 0.25) is 10.0 Å². The van der Waals surface area contributed by atoms with Gasteiger partial charge in [0.25, 0.3) is 5.91 Å². The van der Waals surface area contributed by atoms with Gasteiger partial charge in [0.15, 0.2) is 15.9 Å². The maximum Gasteiger partial charge on any atom is 0.306 e. The molecule has 2 atom stereocenters. The largest absolute Gasteiger partial charge is 0.453 e. The van der Waals surface area contributed by atoms with Crippen LogP contribution < -0.4 is 5.32 Å². The summed E-state index contributed by atoms with van der Waals surface area (Å²) in [6, 6.07) is 4.56. The number of nitrogens with one attached hydrogen (secondary N) is 1. The zero-order valence-corrected chi connectivity index (χ0v) is 15.2. The second-order valence-electron chi connectivity index (χ2n) is 5.75. The van der Waals surface area contributed by atoms with Gasteiger partial charge in [0.05, 0.1) is 11.5 Å². The Balaban J connectivity index is 1.85. The number of carbonyl (C=O) groups excluding carboxylic acids is 2. The number of hydrogen-bond donors (Lipinski definition) is 1. The van der Waals surface area contributed by atoms with Crippen LogP contribution in [-0.4, -0.2) is 37.9 Å². The third-order valence-electron chi connectivity index (χ3n) is 3.59. The van der Waals surface area contributed by atoms with Gasteiger partial charge in [-0.15, -0.1) is 0 Å². The summed E-state index contributed by atoms with van der Waals surface area (Å²) in [7, 11) is -3.05. The van der Waals surface area contributed by atoms with Crippen molar-refractivity contribution in [2.45, 2.75) is 25.9 Å². The first-order chi connectivity index (χ1) is 11.1. The summed E-state index contributed by atoms with van der Waals surface area (Å²) in [4.78, 5) is 23.9. The number of hydrogen-bond acceptors (Lipinski definition) is 5. The third-order valence-corrected chi connectivity index (χ3v) is 5.86. The number of anilines is 1. The van der Waals surface area contributed by atoms with Crippen LogP contribution in [0.5, 0.6) is 0 Å². The number of esters is 1. The van der Waals surface area contributed by atoms with Crippen molar-refractivity contribution in [3.63, 3.8) is 0 Å². The molecule has 1 fully saturated rings. The van der Waals surface area contributed by atoms with Gasteiger partial charge in [-0.25, -0.2) is 8.42 Å². The fourth-order valence-electron chi connectivity index (χ4n) is 2.44. The molecule has 0 unspecified atom stereocenters. The molecule has 9 heteroatoms.